The first-order valence-corrected chi connectivity index (χ1v) is 4.40. The van der Waals surface area contributed by atoms with Gasteiger partial charge in [0.25, 0.3) is 6.43 Å². The van der Waals surface area contributed by atoms with Gasteiger partial charge in [-0.3, -0.25) is 0 Å². The van der Waals surface area contributed by atoms with Crippen molar-refractivity contribution in [1.29, 1.82) is 5.26 Å². The Morgan fingerprint density at radius 1 is 1.53 bits per heavy atom. The van der Waals surface area contributed by atoms with Crippen LogP contribution in [0.4, 0.5) is 8.78 Å². The zero-order valence-electron chi connectivity index (χ0n) is 9.03. The zero-order chi connectivity index (χ0) is 13.0. The van der Waals surface area contributed by atoms with Gasteiger partial charge < -0.3 is 9.47 Å². The first kappa shape index (κ1) is 12.8. The molecule has 1 aromatic heterocycles. The van der Waals surface area contributed by atoms with Gasteiger partial charge in [-0.15, -0.1) is 0 Å². The quantitative estimate of drug-likeness (QED) is 0.754. The summed E-state index contributed by atoms with van der Waals surface area (Å²) in [5, 5.41) is 8.81. The van der Waals surface area contributed by atoms with Crippen LogP contribution in [0.3, 0.4) is 0 Å². The Balaban J connectivity index is 3.50. The number of halogens is 2. The first-order valence-electron chi connectivity index (χ1n) is 4.40. The van der Waals surface area contributed by atoms with E-state index in [1.807, 2.05) is 0 Å². The Labute approximate surface area is 95.6 Å². The average Bonchev–Trinajstić information content (AvgIpc) is 2.35. The number of esters is 1. The molecule has 0 saturated heterocycles. The van der Waals surface area contributed by atoms with Gasteiger partial charge in [-0.05, 0) is 0 Å². The number of carbonyl (C=O) groups is 1. The molecule has 90 valence electrons. The van der Waals surface area contributed by atoms with Crippen molar-refractivity contribution < 1.29 is 23.0 Å². The minimum atomic E-state index is -2.88. The number of hydrogen-bond acceptors (Lipinski definition) is 5. The van der Waals surface area contributed by atoms with E-state index < -0.39 is 23.5 Å². The molecule has 0 atom stereocenters. The van der Waals surface area contributed by atoms with Crippen molar-refractivity contribution in [2.45, 2.75) is 6.43 Å². The van der Waals surface area contributed by atoms with E-state index in [2.05, 4.69) is 9.72 Å². The molecule has 1 aromatic rings. The second kappa shape index (κ2) is 5.21. The van der Waals surface area contributed by atoms with Crippen LogP contribution >= 0.6 is 0 Å². The van der Waals surface area contributed by atoms with Gasteiger partial charge in [0.15, 0.2) is 11.4 Å². The maximum absolute atomic E-state index is 12.6. The number of rotatable bonds is 3. The molecule has 0 aliphatic rings. The highest BCUT2D eigenvalue weighted by atomic mass is 19.3. The largest absolute Gasteiger partial charge is 0.493 e. The second-order valence-corrected chi connectivity index (χ2v) is 2.87. The van der Waals surface area contributed by atoms with Crippen LogP contribution in [-0.2, 0) is 4.74 Å². The van der Waals surface area contributed by atoms with E-state index in [-0.39, 0.29) is 11.4 Å². The van der Waals surface area contributed by atoms with E-state index in [4.69, 9.17) is 10.00 Å². The molecule has 0 saturated carbocycles. The summed E-state index contributed by atoms with van der Waals surface area (Å²) in [6, 6.07) is 1.56. The van der Waals surface area contributed by atoms with Crippen LogP contribution in [0.15, 0.2) is 6.20 Å². The Hall–Kier alpha value is -2.23. The highest BCUT2D eigenvalue weighted by Crippen LogP contribution is 2.30. The molecule has 0 aromatic carbocycles. The maximum atomic E-state index is 12.6. The van der Waals surface area contributed by atoms with E-state index in [9.17, 15) is 13.6 Å². The third-order valence-electron chi connectivity index (χ3n) is 1.99. The number of hydrogen-bond donors (Lipinski definition) is 0. The molecular weight excluding hydrogens is 234 g/mol. The van der Waals surface area contributed by atoms with Crippen molar-refractivity contribution >= 4 is 5.97 Å². The van der Waals surface area contributed by atoms with Gasteiger partial charge in [0, 0.05) is 6.20 Å². The number of methoxy groups -OCH3 is 2. The van der Waals surface area contributed by atoms with Crippen molar-refractivity contribution in [3.05, 3.63) is 23.0 Å². The number of nitriles is 1. The molecule has 1 rings (SSSR count). The van der Waals surface area contributed by atoms with Crippen LogP contribution in [0.2, 0.25) is 0 Å². The summed E-state index contributed by atoms with van der Waals surface area (Å²) in [4.78, 5) is 14.8. The summed E-state index contributed by atoms with van der Waals surface area (Å²) >= 11 is 0. The topological polar surface area (TPSA) is 72.2 Å². The predicted octanol–water partition coefficient (Wildman–Crippen LogP) is 1.69. The molecule has 0 N–H and O–H groups in total. The summed E-state index contributed by atoms with van der Waals surface area (Å²) in [5.74, 6) is -1.17. The first-order chi connectivity index (χ1) is 8.06. The molecule has 5 nitrogen and oxygen atoms in total. The molecule has 0 spiro atoms. The van der Waals surface area contributed by atoms with Crippen LogP contribution < -0.4 is 4.74 Å². The fraction of sp³-hybridized carbons (Fsp3) is 0.300. The molecule has 1 heterocycles. The molecule has 0 fully saturated rings. The van der Waals surface area contributed by atoms with E-state index in [0.29, 0.717) is 0 Å². The Morgan fingerprint density at radius 3 is 2.59 bits per heavy atom. The number of nitrogens with zero attached hydrogens (tertiary/aromatic N) is 2. The third kappa shape index (κ3) is 2.30. The van der Waals surface area contributed by atoms with Gasteiger partial charge in [0.1, 0.15) is 11.6 Å². The van der Waals surface area contributed by atoms with Gasteiger partial charge >= 0.3 is 5.97 Å². The van der Waals surface area contributed by atoms with Crippen LogP contribution in [0.25, 0.3) is 0 Å². The normalized spacial score (nSPS) is 9.88. The zero-order valence-corrected chi connectivity index (χ0v) is 9.03. The summed E-state index contributed by atoms with van der Waals surface area (Å²) in [6.45, 7) is 0. The maximum Gasteiger partial charge on any atom is 0.360 e. The van der Waals surface area contributed by atoms with Crippen molar-refractivity contribution in [3.63, 3.8) is 0 Å². The minimum Gasteiger partial charge on any atom is -0.493 e. The smallest absolute Gasteiger partial charge is 0.360 e. The van der Waals surface area contributed by atoms with Crippen LogP contribution in [0.1, 0.15) is 28.0 Å². The molecule has 0 bridgehead atoms. The van der Waals surface area contributed by atoms with E-state index in [1.54, 1.807) is 6.07 Å². The van der Waals surface area contributed by atoms with Gasteiger partial charge in [0.2, 0.25) is 0 Å². The lowest BCUT2D eigenvalue weighted by molar-refractivity contribution is 0.0589. The minimum absolute atomic E-state index is 0.308. The monoisotopic (exact) mass is 242 g/mol. The number of aromatic nitrogens is 1. The van der Waals surface area contributed by atoms with E-state index in [0.717, 1.165) is 20.4 Å². The molecule has 0 amide bonds. The van der Waals surface area contributed by atoms with Gasteiger partial charge in [-0.25, -0.2) is 18.6 Å². The Morgan fingerprint density at radius 2 is 2.18 bits per heavy atom. The lowest BCUT2D eigenvalue weighted by atomic mass is 10.1. The molecular formula is C10H8F2N2O3. The van der Waals surface area contributed by atoms with E-state index in [1.165, 1.54) is 0 Å². The van der Waals surface area contributed by atoms with Crippen molar-refractivity contribution in [2.75, 3.05) is 14.2 Å². The lowest BCUT2D eigenvalue weighted by Gasteiger charge is -2.10. The molecule has 7 heteroatoms. The van der Waals surface area contributed by atoms with Crippen LogP contribution in [0.5, 0.6) is 5.75 Å². The highest BCUT2D eigenvalue weighted by molar-refractivity contribution is 5.91. The number of ether oxygens (including phenoxy) is 2. The summed E-state index contributed by atoms with van der Waals surface area (Å²) in [5.41, 5.74) is -1.31. The summed E-state index contributed by atoms with van der Waals surface area (Å²) < 4.78 is 34.3. The standard InChI is InChI=1S/C10H8F2N2O3/c1-16-8-5(3-13)6(9(11)12)4-14-7(8)10(15)17-2/h4,9H,1-2H3. The van der Waals surface area contributed by atoms with Crippen LogP contribution in [0, 0.1) is 11.3 Å². The summed E-state index contributed by atoms with van der Waals surface area (Å²) in [7, 11) is 2.26. The molecule has 0 unspecified atom stereocenters. The highest BCUT2D eigenvalue weighted by Gasteiger charge is 2.24. The molecule has 0 aliphatic carbocycles. The fourth-order valence-corrected chi connectivity index (χ4v) is 1.23. The Kier molecular flexibility index (Phi) is 3.93. The van der Waals surface area contributed by atoms with Crippen LogP contribution in [-0.4, -0.2) is 25.2 Å². The number of carbonyl (C=O) groups excluding carboxylic acids is 1. The van der Waals surface area contributed by atoms with Gasteiger partial charge in [-0.1, -0.05) is 0 Å². The Bertz CT molecular complexity index is 483. The predicted molar refractivity (Wildman–Crippen MR) is 51.8 cm³/mol. The fourth-order valence-electron chi connectivity index (χ4n) is 1.23. The SMILES string of the molecule is COC(=O)c1ncc(C(F)F)c(C#N)c1OC. The molecule has 0 radical (unpaired) electrons. The lowest BCUT2D eigenvalue weighted by Crippen LogP contribution is -2.10. The van der Waals surface area contributed by atoms with Gasteiger partial charge in [-0.2, -0.15) is 5.26 Å². The van der Waals surface area contributed by atoms with Crippen molar-refractivity contribution in [3.8, 4) is 11.8 Å². The van der Waals surface area contributed by atoms with Gasteiger partial charge in [0.05, 0.1) is 19.8 Å². The molecule has 17 heavy (non-hydrogen) atoms. The summed E-state index contributed by atoms with van der Waals surface area (Å²) in [6.07, 6.45) is -2.12. The van der Waals surface area contributed by atoms with Crippen molar-refractivity contribution in [2.24, 2.45) is 0 Å². The van der Waals surface area contributed by atoms with Crippen molar-refractivity contribution in [1.82, 2.24) is 4.98 Å². The average molecular weight is 242 g/mol. The number of pyridine rings is 1. The van der Waals surface area contributed by atoms with E-state index >= 15 is 0 Å². The third-order valence-corrected chi connectivity index (χ3v) is 1.99. The molecule has 0 aliphatic heterocycles. The second-order valence-electron chi connectivity index (χ2n) is 2.87. The number of alkyl halides is 2.